The van der Waals surface area contributed by atoms with Crippen molar-refractivity contribution in [3.8, 4) is 0 Å². The van der Waals surface area contributed by atoms with Gasteiger partial charge in [-0.2, -0.15) is 16.0 Å². The molecule has 0 bridgehead atoms. The highest BCUT2D eigenvalue weighted by molar-refractivity contribution is 8.00. The molecule has 2 aliphatic rings. The van der Waals surface area contributed by atoms with Crippen LogP contribution in [0.1, 0.15) is 25.7 Å². The lowest BCUT2D eigenvalue weighted by Gasteiger charge is -2.13. The van der Waals surface area contributed by atoms with E-state index in [0.717, 1.165) is 18.6 Å². The summed E-state index contributed by atoms with van der Waals surface area (Å²) in [4.78, 5) is 10.3. The topological polar surface area (TPSA) is 72.8 Å². The molecule has 0 radical (unpaired) electrons. The molecule has 0 spiro atoms. The zero-order valence-electron chi connectivity index (χ0n) is 8.66. The maximum atomic E-state index is 11.0. The average molecular weight is 266 g/mol. The second kappa shape index (κ2) is 5.48. The number of hydrogen-bond donors (Lipinski definition) is 1. The van der Waals surface area contributed by atoms with Gasteiger partial charge in [-0.25, -0.2) is 0 Å². The lowest BCUT2D eigenvalue weighted by molar-refractivity contribution is -0.137. The summed E-state index contributed by atoms with van der Waals surface area (Å²) in [5.41, 5.74) is 0. The van der Waals surface area contributed by atoms with E-state index in [2.05, 4.69) is 0 Å². The number of carboxylic acid groups (broad SMARTS) is 1. The van der Waals surface area contributed by atoms with E-state index in [0.29, 0.717) is 11.7 Å². The van der Waals surface area contributed by atoms with Gasteiger partial charge < -0.3 is 5.11 Å². The molecule has 0 aliphatic carbocycles. The first-order valence-electron chi connectivity index (χ1n) is 5.26. The fraction of sp³-hybridized carbons (Fsp3) is 0.889. The summed E-state index contributed by atoms with van der Waals surface area (Å²) in [5, 5.41) is 8.80. The summed E-state index contributed by atoms with van der Waals surface area (Å²) < 4.78 is 21.3. The Morgan fingerprint density at radius 3 is 3.00 bits per heavy atom. The van der Waals surface area contributed by atoms with Gasteiger partial charge in [-0.15, -0.1) is 0 Å². The van der Waals surface area contributed by atoms with Crippen LogP contribution < -0.4 is 0 Å². The molecule has 2 fully saturated rings. The van der Waals surface area contributed by atoms with Gasteiger partial charge >= 0.3 is 17.3 Å². The Labute approximate surface area is 101 Å². The molecule has 0 saturated carbocycles. The van der Waals surface area contributed by atoms with Crippen molar-refractivity contribution in [3.05, 3.63) is 0 Å². The summed E-state index contributed by atoms with van der Waals surface area (Å²) in [6.45, 7) is 0. The highest BCUT2D eigenvalue weighted by Crippen LogP contribution is 2.39. The van der Waals surface area contributed by atoms with Gasteiger partial charge in [-0.1, -0.05) is 6.42 Å². The molecule has 16 heavy (non-hydrogen) atoms. The zero-order valence-corrected chi connectivity index (χ0v) is 10.3. The molecule has 2 unspecified atom stereocenters. The quantitative estimate of drug-likeness (QED) is 0.751. The summed E-state index contributed by atoms with van der Waals surface area (Å²) in [7, 11) is 0. The third-order valence-corrected chi connectivity index (χ3v) is 4.97. The second-order valence-corrected chi connectivity index (χ2v) is 5.98. The SMILES string of the molecule is O=C(O)CCCC[C@@H]1SCC2OS(=O)O[C@@H]21. The summed E-state index contributed by atoms with van der Waals surface area (Å²) >= 11 is 0.189. The smallest absolute Gasteiger partial charge is 0.305 e. The number of hydrogen-bond acceptors (Lipinski definition) is 5. The van der Waals surface area contributed by atoms with Gasteiger partial charge in [0.1, 0.15) is 12.2 Å². The molecule has 1 N–H and O–H groups in total. The predicted octanol–water partition coefficient (Wildman–Crippen LogP) is 1.11. The largest absolute Gasteiger partial charge is 0.481 e. The highest BCUT2D eigenvalue weighted by Gasteiger charge is 2.45. The number of aliphatic carboxylic acids is 1. The first-order valence-corrected chi connectivity index (χ1v) is 7.31. The number of carbonyl (C=O) groups is 1. The summed E-state index contributed by atoms with van der Waals surface area (Å²) in [6, 6.07) is 0. The minimum Gasteiger partial charge on any atom is -0.481 e. The molecular weight excluding hydrogens is 252 g/mol. The molecule has 2 aliphatic heterocycles. The molecule has 0 aromatic heterocycles. The third-order valence-electron chi connectivity index (χ3n) is 2.73. The van der Waals surface area contributed by atoms with Crippen molar-refractivity contribution in [2.45, 2.75) is 43.1 Å². The van der Waals surface area contributed by atoms with Crippen LogP contribution in [0.4, 0.5) is 0 Å². The minimum absolute atomic E-state index is 0.0460. The maximum Gasteiger partial charge on any atom is 0.305 e. The number of unbranched alkanes of at least 4 members (excludes halogenated alkanes) is 1. The van der Waals surface area contributed by atoms with E-state index in [-0.39, 0.29) is 18.6 Å². The molecule has 0 aromatic rings. The lowest BCUT2D eigenvalue weighted by atomic mass is 10.1. The van der Waals surface area contributed by atoms with Crippen LogP contribution in [0, 0.1) is 0 Å². The van der Waals surface area contributed by atoms with Gasteiger partial charge in [0.25, 0.3) is 0 Å². The van der Waals surface area contributed by atoms with Crippen molar-refractivity contribution in [1.29, 1.82) is 0 Å². The van der Waals surface area contributed by atoms with Crippen LogP contribution in [0.2, 0.25) is 0 Å². The van der Waals surface area contributed by atoms with E-state index in [9.17, 15) is 9.00 Å². The Bertz CT molecular complexity index is 296. The maximum absolute atomic E-state index is 11.0. The van der Waals surface area contributed by atoms with Crippen molar-refractivity contribution < 1.29 is 22.5 Å². The molecule has 0 amide bonds. The summed E-state index contributed by atoms with van der Waals surface area (Å²) in [6.07, 6.45) is 2.55. The zero-order chi connectivity index (χ0) is 11.5. The number of thioether (sulfide) groups is 1. The van der Waals surface area contributed by atoms with Crippen LogP contribution >= 0.6 is 11.8 Å². The van der Waals surface area contributed by atoms with E-state index < -0.39 is 17.3 Å². The average Bonchev–Trinajstić information content (AvgIpc) is 2.72. The molecule has 2 heterocycles. The Kier molecular flexibility index (Phi) is 4.23. The highest BCUT2D eigenvalue weighted by atomic mass is 32.2. The fourth-order valence-electron chi connectivity index (χ4n) is 1.94. The van der Waals surface area contributed by atoms with E-state index in [1.165, 1.54) is 0 Å². The van der Waals surface area contributed by atoms with Gasteiger partial charge in [0.15, 0.2) is 0 Å². The Hall–Kier alpha value is -0.110. The van der Waals surface area contributed by atoms with Gasteiger partial charge in [0.05, 0.1) is 0 Å². The molecular formula is C9H14O5S2. The van der Waals surface area contributed by atoms with Crippen LogP contribution in [-0.4, -0.2) is 38.5 Å². The standard InChI is InChI=1S/C9H14O5S2/c10-8(11)4-2-1-3-7-9-6(5-15-7)13-16(12)14-9/h6-7,9H,1-5H2,(H,10,11)/t6?,7-,9-,16?/m0/s1. The van der Waals surface area contributed by atoms with Crippen molar-refractivity contribution in [1.82, 2.24) is 0 Å². The van der Waals surface area contributed by atoms with Crippen molar-refractivity contribution in [3.63, 3.8) is 0 Å². The summed E-state index contributed by atoms with van der Waals surface area (Å²) in [5.74, 6) is 0.0681. The van der Waals surface area contributed by atoms with Gasteiger partial charge in [-0.05, 0) is 12.8 Å². The number of fused-ring (bicyclic) bond motifs is 1. The molecule has 2 saturated heterocycles. The van der Waals surface area contributed by atoms with Crippen molar-refractivity contribution >= 4 is 29.1 Å². The van der Waals surface area contributed by atoms with Gasteiger partial charge in [0.2, 0.25) is 0 Å². The van der Waals surface area contributed by atoms with E-state index in [1.807, 2.05) is 0 Å². The first kappa shape index (κ1) is 12.3. The van der Waals surface area contributed by atoms with Crippen LogP contribution in [0.25, 0.3) is 0 Å². The predicted molar refractivity (Wildman–Crippen MR) is 60.2 cm³/mol. The number of rotatable bonds is 5. The first-order chi connectivity index (χ1) is 7.66. The monoisotopic (exact) mass is 266 g/mol. The molecule has 2 rings (SSSR count). The number of carboxylic acids is 1. The fourth-order valence-corrected chi connectivity index (χ4v) is 4.41. The van der Waals surface area contributed by atoms with Crippen molar-refractivity contribution in [2.24, 2.45) is 0 Å². The Morgan fingerprint density at radius 2 is 2.25 bits per heavy atom. The van der Waals surface area contributed by atoms with Crippen LogP contribution in [0.3, 0.4) is 0 Å². The van der Waals surface area contributed by atoms with Crippen LogP contribution in [0.5, 0.6) is 0 Å². The van der Waals surface area contributed by atoms with Gasteiger partial charge in [0, 0.05) is 17.4 Å². The van der Waals surface area contributed by atoms with Crippen LogP contribution in [0.15, 0.2) is 0 Å². The van der Waals surface area contributed by atoms with E-state index in [4.69, 9.17) is 13.5 Å². The van der Waals surface area contributed by atoms with Crippen molar-refractivity contribution in [2.75, 3.05) is 5.75 Å². The molecule has 0 aromatic carbocycles. The molecule has 5 nitrogen and oxygen atoms in total. The normalized spacial score (nSPS) is 37.5. The second-order valence-electron chi connectivity index (χ2n) is 3.91. The third kappa shape index (κ3) is 2.97. The van der Waals surface area contributed by atoms with E-state index in [1.54, 1.807) is 11.8 Å². The van der Waals surface area contributed by atoms with Crippen LogP contribution in [-0.2, 0) is 24.5 Å². The Morgan fingerprint density at radius 1 is 1.44 bits per heavy atom. The molecule has 7 heteroatoms. The van der Waals surface area contributed by atoms with Gasteiger partial charge in [-0.3, -0.25) is 13.2 Å². The molecule has 92 valence electrons. The molecule has 4 atom stereocenters. The van der Waals surface area contributed by atoms with E-state index >= 15 is 0 Å². The lowest BCUT2D eigenvalue weighted by Crippen LogP contribution is -2.26. The Balaban J connectivity index is 1.70. The minimum atomic E-state index is -1.57.